The van der Waals surface area contributed by atoms with E-state index in [-0.39, 0.29) is 5.56 Å². The summed E-state index contributed by atoms with van der Waals surface area (Å²) >= 11 is 0. The molecule has 24 heavy (non-hydrogen) atoms. The number of benzene rings is 1. The van der Waals surface area contributed by atoms with Crippen molar-refractivity contribution in [1.29, 1.82) is 5.26 Å². The van der Waals surface area contributed by atoms with Gasteiger partial charge in [0.2, 0.25) is 0 Å². The molecule has 0 aliphatic heterocycles. The molecule has 6 nitrogen and oxygen atoms in total. The predicted octanol–water partition coefficient (Wildman–Crippen LogP) is 3.04. The highest BCUT2D eigenvalue weighted by Crippen LogP contribution is 2.25. The molecule has 0 unspecified atom stereocenters. The first-order valence-electron chi connectivity index (χ1n) is 7.56. The van der Waals surface area contributed by atoms with Crippen molar-refractivity contribution in [3.8, 4) is 23.1 Å². The maximum absolute atomic E-state index is 11.8. The third kappa shape index (κ3) is 4.02. The molecule has 1 aromatic heterocycles. The van der Waals surface area contributed by atoms with Gasteiger partial charge in [-0.15, -0.1) is 0 Å². The van der Waals surface area contributed by atoms with Crippen LogP contribution in [-0.4, -0.2) is 22.7 Å². The van der Waals surface area contributed by atoms with E-state index in [0.29, 0.717) is 35.1 Å². The zero-order valence-corrected chi connectivity index (χ0v) is 13.5. The van der Waals surface area contributed by atoms with Gasteiger partial charge < -0.3 is 14.8 Å². The number of aromatic carboxylic acids is 1. The zero-order chi connectivity index (χ0) is 17.7. The van der Waals surface area contributed by atoms with Gasteiger partial charge in [0.05, 0.1) is 12.2 Å². The van der Waals surface area contributed by atoms with E-state index in [1.807, 2.05) is 0 Å². The monoisotopic (exact) mass is 326 g/mol. The molecule has 0 saturated carbocycles. The van der Waals surface area contributed by atoms with Gasteiger partial charge in [-0.05, 0) is 48.2 Å². The number of nitriles is 1. The number of carbonyl (C=O) groups is 1. The Morgan fingerprint density at radius 3 is 2.67 bits per heavy atom. The van der Waals surface area contributed by atoms with Crippen LogP contribution in [0.4, 0.5) is 0 Å². The Balaban J connectivity index is 2.29. The molecule has 1 aromatic carbocycles. The number of H-pyrrole nitrogens is 1. The lowest BCUT2D eigenvalue weighted by Crippen LogP contribution is -2.17. The molecule has 0 bridgehead atoms. The molecule has 2 rings (SSSR count). The van der Waals surface area contributed by atoms with Crippen LogP contribution in [0, 0.1) is 17.2 Å². The summed E-state index contributed by atoms with van der Waals surface area (Å²) in [6.07, 6.45) is 0.886. The normalized spacial score (nSPS) is 10.4. The number of aromatic nitrogens is 1. The van der Waals surface area contributed by atoms with Gasteiger partial charge in [-0.25, -0.2) is 4.79 Å². The highest BCUT2D eigenvalue weighted by atomic mass is 16.5. The third-order valence-corrected chi connectivity index (χ3v) is 3.50. The average molecular weight is 326 g/mol. The van der Waals surface area contributed by atoms with Gasteiger partial charge in [0.1, 0.15) is 17.4 Å². The molecule has 6 heteroatoms. The second-order valence-electron chi connectivity index (χ2n) is 5.77. The van der Waals surface area contributed by atoms with Gasteiger partial charge in [-0.3, -0.25) is 4.79 Å². The summed E-state index contributed by atoms with van der Waals surface area (Å²) in [7, 11) is 0. The van der Waals surface area contributed by atoms with Crippen molar-refractivity contribution in [2.45, 2.75) is 20.3 Å². The lowest BCUT2D eigenvalue weighted by atomic mass is 10.1. The van der Waals surface area contributed by atoms with Crippen LogP contribution in [0.15, 0.2) is 35.1 Å². The molecule has 0 atom stereocenters. The molecule has 124 valence electrons. The number of hydrogen-bond donors (Lipinski definition) is 2. The molecular weight excluding hydrogens is 308 g/mol. The lowest BCUT2D eigenvalue weighted by molar-refractivity contribution is 0.0695. The highest BCUT2D eigenvalue weighted by molar-refractivity contribution is 5.87. The van der Waals surface area contributed by atoms with Gasteiger partial charge in [-0.2, -0.15) is 5.26 Å². The van der Waals surface area contributed by atoms with Gasteiger partial charge in [-0.1, -0.05) is 13.8 Å². The molecule has 0 spiro atoms. The second-order valence-corrected chi connectivity index (χ2v) is 5.77. The number of carboxylic acid groups (broad SMARTS) is 1. The maximum Gasteiger partial charge on any atom is 0.341 e. The zero-order valence-electron chi connectivity index (χ0n) is 13.5. The van der Waals surface area contributed by atoms with E-state index in [2.05, 4.69) is 24.9 Å². The number of carboxylic acids is 1. The molecule has 0 amide bonds. The maximum atomic E-state index is 11.8. The van der Waals surface area contributed by atoms with Crippen molar-refractivity contribution in [2.75, 3.05) is 6.61 Å². The Morgan fingerprint density at radius 1 is 1.33 bits per heavy atom. The first-order valence-corrected chi connectivity index (χ1v) is 7.56. The number of hydrogen-bond acceptors (Lipinski definition) is 4. The van der Waals surface area contributed by atoms with E-state index in [4.69, 9.17) is 9.84 Å². The second kappa shape index (κ2) is 7.47. The molecule has 0 aliphatic rings. The number of nitrogens with zero attached hydrogens (tertiary/aromatic N) is 1. The van der Waals surface area contributed by atoms with Gasteiger partial charge in [0, 0.05) is 5.69 Å². The van der Waals surface area contributed by atoms with Crippen LogP contribution >= 0.6 is 0 Å². The first kappa shape index (κ1) is 17.3. The van der Waals surface area contributed by atoms with Crippen LogP contribution in [0.3, 0.4) is 0 Å². The van der Waals surface area contributed by atoms with Crippen LogP contribution in [-0.2, 0) is 0 Å². The van der Waals surface area contributed by atoms with Crippen molar-refractivity contribution >= 4 is 5.97 Å². The largest absolute Gasteiger partial charge is 0.492 e. The predicted molar refractivity (Wildman–Crippen MR) is 89.1 cm³/mol. The van der Waals surface area contributed by atoms with E-state index < -0.39 is 11.5 Å². The summed E-state index contributed by atoms with van der Waals surface area (Å²) in [4.78, 5) is 25.2. The van der Waals surface area contributed by atoms with Gasteiger partial charge >= 0.3 is 5.97 Å². The Labute approximate surface area is 139 Å². The molecule has 0 aliphatic carbocycles. The number of aromatic amines is 1. The first-order chi connectivity index (χ1) is 11.4. The Morgan fingerprint density at radius 2 is 2.08 bits per heavy atom. The summed E-state index contributed by atoms with van der Waals surface area (Å²) in [5.74, 6) is -0.284. The molecule has 2 aromatic rings. The van der Waals surface area contributed by atoms with E-state index in [1.165, 1.54) is 12.1 Å². The quantitative estimate of drug-likeness (QED) is 0.849. The van der Waals surface area contributed by atoms with Crippen molar-refractivity contribution in [1.82, 2.24) is 4.98 Å². The van der Waals surface area contributed by atoms with Crippen molar-refractivity contribution in [3.63, 3.8) is 0 Å². The van der Waals surface area contributed by atoms with Gasteiger partial charge in [0.15, 0.2) is 0 Å². The number of nitrogens with one attached hydrogen (secondary N) is 1. The average Bonchev–Trinajstić information content (AvgIpc) is 2.54. The van der Waals surface area contributed by atoms with E-state index in [9.17, 15) is 14.9 Å². The number of ether oxygens (including phenoxy) is 1. The Bertz CT molecular complexity index is 847. The van der Waals surface area contributed by atoms with E-state index in [1.54, 1.807) is 18.2 Å². The smallest absolute Gasteiger partial charge is 0.341 e. The SMILES string of the molecule is CC(C)CCOc1ccc(-c2ccc(C(=O)O)c(=O)[nH]2)cc1C#N. The molecule has 2 N–H and O–H groups in total. The Hall–Kier alpha value is -3.07. The van der Waals surface area contributed by atoms with Crippen molar-refractivity contribution in [3.05, 3.63) is 51.8 Å². The van der Waals surface area contributed by atoms with E-state index in [0.717, 1.165) is 6.42 Å². The summed E-state index contributed by atoms with van der Waals surface area (Å²) < 4.78 is 5.63. The summed E-state index contributed by atoms with van der Waals surface area (Å²) in [5.41, 5.74) is 0.398. The lowest BCUT2D eigenvalue weighted by Gasteiger charge is -2.11. The minimum atomic E-state index is -1.28. The summed E-state index contributed by atoms with van der Waals surface area (Å²) in [6.45, 7) is 4.71. The Kier molecular flexibility index (Phi) is 5.38. The van der Waals surface area contributed by atoms with Crippen LogP contribution in [0.1, 0.15) is 36.2 Å². The van der Waals surface area contributed by atoms with Crippen LogP contribution in [0.5, 0.6) is 5.75 Å². The fourth-order valence-corrected chi connectivity index (χ4v) is 2.13. The topological polar surface area (TPSA) is 103 Å². The fourth-order valence-electron chi connectivity index (χ4n) is 2.13. The molecule has 1 heterocycles. The standard InChI is InChI=1S/C18H18N2O4/c1-11(2)7-8-24-16-6-3-12(9-13(16)10-19)15-5-4-14(18(22)23)17(21)20-15/h3-6,9,11H,7-8H2,1-2H3,(H,20,21)(H,22,23). The van der Waals surface area contributed by atoms with Crippen LogP contribution in [0.2, 0.25) is 0 Å². The molecule has 0 saturated heterocycles. The minimum absolute atomic E-state index is 0.326. The summed E-state index contributed by atoms with van der Waals surface area (Å²) in [5, 5.41) is 18.2. The van der Waals surface area contributed by atoms with E-state index >= 15 is 0 Å². The fraction of sp³-hybridized carbons (Fsp3) is 0.278. The van der Waals surface area contributed by atoms with Crippen molar-refractivity contribution < 1.29 is 14.6 Å². The summed E-state index contributed by atoms with van der Waals surface area (Å²) in [6, 6.07) is 9.83. The van der Waals surface area contributed by atoms with Crippen LogP contribution in [0.25, 0.3) is 11.3 Å². The van der Waals surface area contributed by atoms with Crippen LogP contribution < -0.4 is 10.3 Å². The third-order valence-electron chi connectivity index (χ3n) is 3.50. The number of rotatable bonds is 6. The van der Waals surface area contributed by atoms with Gasteiger partial charge in [0.25, 0.3) is 5.56 Å². The molecular formula is C18H18N2O4. The molecule has 0 radical (unpaired) electrons. The number of pyridine rings is 1. The minimum Gasteiger partial charge on any atom is -0.492 e. The van der Waals surface area contributed by atoms with Crippen molar-refractivity contribution in [2.24, 2.45) is 5.92 Å². The highest BCUT2D eigenvalue weighted by Gasteiger charge is 2.11. The molecule has 0 fully saturated rings.